The van der Waals surface area contributed by atoms with Crippen LogP contribution in [0.2, 0.25) is 0 Å². The Labute approximate surface area is 108 Å². The Morgan fingerprint density at radius 1 is 1.56 bits per heavy atom. The van der Waals surface area contributed by atoms with Crippen LogP contribution in [0.15, 0.2) is 18.2 Å². The molecule has 1 aliphatic heterocycles. The van der Waals surface area contributed by atoms with Gasteiger partial charge in [0.05, 0.1) is 0 Å². The first-order valence-corrected chi connectivity index (χ1v) is 6.80. The van der Waals surface area contributed by atoms with Gasteiger partial charge < -0.3 is 10.2 Å². The van der Waals surface area contributed by atoms with E-state index in [-0.39, 0.29) is 0 Å². The van der Waals surface area contributed by atoms with Gasteiger partial charge in [-0.15, -0.1) is 0 Å². The summed E-state index contributed by atoms with van der Waals surface area (Å²) in [4.78, 5) is 6.33. The van der Waals surface area contributed by atoms with Gasteiger partial charge in [0.2, 0.25) is 5.95 Å². The molecule has 1 N–H and O–H groups in total. The number of likely N-dealkylation sites (tertiary alicyclic amines) is 1. The van der Waals surface area contributed by atoms with Gasteiger partial charge in [0.15, 0.2) is 0 Å². The number of piperidine rings is 1. The molecule has 0 spiro atoms. The monoisotopic (exact) mass is 251 g/mol. The fourth-order valence-corrected chi connectivity index (χ4v) is 2.63. The first kappa shape index (κ1) is 13.3. The van der Waals surface area contributed by atoms with Crippen LogP contribution in [0, 0.1) is 11.9 Å². The van der Waals surface area contributed by atoms with Crippen LogP contribution >= 0.6 is 0 Å². The Morgan fingerprint density at radius 3 is 3.11 bits per heavy atom. The summed E-state index contributed by atoms with van der Waals surface area (Å²) in [7, 11) is 0. The summed E-state index contributed by atoms with van der Waals surface area (Å²) >= 11 is 0. The smallest absolute Gasteiger partial charge is 0.214 e. The molecule has 1 aromatic heterocycles. The van der Waals surface area contributed by atoms with Crippen LogP contribution in [0.25, 0.3) is 0 Å². The summed E-state index contributed by atoms with van der Waals surface area (Å²) < 4.78 is 13.0. The lowest BCUT2D eigenvalue weighted by Crippen LogP contribution is -2.41. The number of nitrogens with zero attached hydrogens (tertiary/aromatic N) is 2. The number of rotatable bonds is 4. The fourth-order valence-electron chi connectivity index (χ4n) is 2.63. The molecule has 0 aromatic carbocycles. The SMILES string of the molecule is CCN1CCCC(C(C)Nc2cccc(F)n2)C1. The molecule has 2 rings (SSSR count). The van der Waals surface area contributed by atoms with Gasteiger partial charge in [-0.25, -0.2) is 4.98 Å². The van der Waals surface area contributed by atoms with Crippen molar-refractivity contribution in [2.75, 3.05) is 25.0 Å². The molecule has 2 heterocycles. The lowest BCUT2D eigenvalue weighted by molar-refractivity contribution is 0.172. The second-order valence-corrected chi connectivity index (χ2v) is 5.07. The highest BCUT2D eigenvalue weighted by molar-refractivity contribution is 5.34. The molecule has 2 unspecified atom stereocenters. The van der Waals surface area contributed by atoms with Crippen LogP contribution in [0.5, 0.6) is 0 Å². The van der Waals surface area contributed by atoms with Crippen LogP contribution < -0.4 is 5.32 Å². The molecule has 4 heteroatoms. The Hall–Kier alpha value is -1.16. The van der Waals surface area contributed by atoms with Crippen LogP contribution in [0.4, 0.5) is 10.2 Å². The van der Waals surface area contributed by atoms with E-state index in [1.165, 1.54) is 25.5 Å². The third-order valence-corrected chi connectivity index (χ3v) is 3.79. The van der Waals surface area contributed by atoms with Gasteiger partial charge in [-0.1, -0.05) is 13.0 Å². The molecule has 1 aromatic rings. The van der Waals surface area contributed by atoms with Crippen molar-refractivity contribution in [1.29, 1.82) is 0 Å². The van der Waals surface area contributed by atoms with Crippen molar-refractivity contribution >= 4 is 5.82 Å². The molecule has 1 aliphatic rings. The average molecular weight is 251 g/mol. The Bertz CT molecular complexity index is 383. The van der Waals surface area contributed by atoms with E-state index in [0.717, 1.165) is 13.1 Å². The Morgan fingerprint density at radius 2 is 2.39 bits per heavy atom. The lowest BCUT2D eigenvalue weighted by Gasteiger charge is -2.35. The summed E-state index contributed by atoms with van der Waals surface area (Å²) in [5, 5.41) is 3.32. The lowest BCUT2D eigenvalue weighted by atomic mass is 9.91. The van der Waals surface area contributed by atoms with Gasteiger partial charge in [-0.3, -0.25) is 0 Å². The van der Waals surface area contributed by atoms with Crippen LogP contribution in [-0.4, -0.2) is 35.6 Å². The Balaban J connectivity index is 1.93. The first-order valence-electron chi connectivity index (χ1n) is 6.80. The van der Waals surface area contributed by atoms with Crippen molar-refractivity contribution in [3.63, 3.8) is 0 Å². The molecule has 100 valence electrons. The predicted octanol–water partition coefficient (Wildman–Crippen LogP) is 2.75. The number of hydrogen-bond acceptors (Lipinski definition) is 3. The summed E-state index contributed by atoms with van der Waals surface area (Å²) in [5.41, 5.74) is 0. The van der Waals surface area contributed by atoms with Crippen molar-refractivity contribution in [2.45, 2.75) is 32.7 Å². The molecule has 0 aliphatic carbocycles. The number of hydrogen-bond donors (Lipinski definition) is 1. The minimum Gasteiger partial charge on any atom is -0.367 e. The molecule has 0 bridgehead atoms. The number of anilines is 1. The minimum absolute atomic E-state index is 0.327. The number of nitrogens with one attached hydrogen (secondary N) is 1. The highest BCUT2D eigenvalue weighted by Crippen LogP contribution is 2.21. The zero-order chi connectivity index (χ0) is 13.0. The van der Waals surface area contributed by atoms with Crippen LogP contribution in [0.3, 0.4) is 0 Å². The van der Waals surface area contributed by atoms with E-state index in [2.05, 4.69) is 29.0 Å². The summed E-state index contributed by atoms with van der Waals surface area (Å²) in [6.45, 7) is 7.81. The zero-order valence-corrected chi connectivity index (χ0v) is 11.2. The predicted molar refractivity (Wildman–Crippen MR) is 72.1 cm³/mol. The van der Waals surface area contributed by atoms with E-state index >= 15 is 0 Å². The minimum atomic E-state index is -0.425. The zero-order valence-electron chi connectivity index (χ0n) is 11.2. The van der Waals surface area contributed by atoms with Crippen molar-refractivity contribution in [3.8, 4) is 0 Å². The van der Waals surface area contributed by atoms with E-state index in [9.17, 15) is 4.39 Å². The molecule has 1 fully saturated rings. The van der Waals surface area contributed by atoms with Crippen LogP contribution in [0.1, 0.15) is 26.7 Å². The second-order valence-electron chi connectivity index (χ2n) is 5.07. The average Bonchev–Trinajstić information content (AvgIpc) is 2.39. The van der Waals surface area contributed by atoms with Crippen molar-refractivity contribution in [2.24, 2.45) is 5.92 Å². The molecule has 18 heavy (non-hydrogen) atoms. The number of pyridine rings is 1. The maximum Gasteiger partial charge on any atom is 0.214 e. The maximum atomic E-state index is 13.0. The second kappa shape index (κ2) is 6.14. The molecule has 2 atom stereocenters. The molecule has 0 amide bonds. The first-order chi connectivity index (χ1) is 8.69. The van der Waals surface area contributed by atoms with Gasteiger partial charge in [0.1, 0.15) is 5.82 Å². The van der Waals surface area contributed by atoms with Gasteiger partial charge in [-0.2, -0.15) is 4.39 Å². The summed E-state index contributed by atoms with van der Waals surface area (Å²) in [6.07, 6.45) is 2.49. The van der Waals surface area contributed by atoms with Crippen LogP contribution in [-0.2, 0) is 0 Å². The molecule has 1 saturated heterocycles. The van der Waals surface area contributed by atoms with Gasteiger partial charge >= 0.3 is 0 Å². The highest BCUT2D eigenvalue weighted by Gasteiger charge is 2.23. The van der Waals surface area contributed by atoms with E-state index in [1.807, 2.05) is 6.07 Å². The van der Waals surface area contributed by atoms with Crippen molar-refractivity contribution < 1.29 is 4.39 Å². The van der Waals surface area contributed by atoms with Crippen molar-refractivity contribution in [3.05, 3.63) is 24.1 Å². The van der Waals surface area contributed by atoms with E-state index in [0.29, 0.717) is 17.8 Å². The molecule has 0 radical (unpaired) electrons. The third kappa shape index (κ3) is 3.42. The van der Waals surface area contributed by atoms with E-state index < -0.39 is 5.95 Å². The van der Waals surface area contributed by atoms with Gasteiger partial charge in [0, 0.05) is 12.6 Å². The molecule has 3 nitrogen and oxygen atoms in total. The maximum absolute atomic E-state index is 13.0. The highest BCUT2D eigenvalue weighted by atomic mass is 19.1. The number of halogens is 1. The topological polar surface area (TPSA) is 28.2 Å². The summed E-state index contributed by atoms with van der Waals surface area (Å²) in [5.74, 6) is 0.825. The van der Waals surface area contributed by atoms with Gasteiger partial charge in [-0.05, 0) is 50.9 Å². The standard InChI is InChI=1S/C14H22FN3/c1-3-18-9-5-6-12(10-18)11(2)16-14-8-4-7-13(15)17-14/h4,7-8,11-12H,3,5-6,9-10H2,1-2H3,(H,16,17). The van der Waals surface area contributed by atoms with E-state index in [1.54, 1.807) is 6.07 Å². The van der Waals surface area contributed by atoms with E-state index in [4.69, 9.17) is 0 Å². The molecular formula is C14H22FN3. The Kier molecular flexibility index (Phi) is 4.53. The number of aromatic nitrogens is 1. The third-order valence-electron chi connectivity index (χ3n) is 3.79. The summed E-state index contributed by atoms with van der Waals surface area (Å²) in [6, 6.07) is 5.21. The van der Waals surface area contributed by atoms with Gasteiger partial charge in [0.25, 0.3) is 0 Å². The normalized spacial score (nSPS) is 22.7. The molecule has 0 saturated carbocycles. The largest absolute Gasteiger partial charge is 0.367 e. The fraction of sp³-hybridized carbons (Fsp3) is 0.643. The molecular weight excluding hydrogens is 229 g/mol. The quantitative estimate of drug-likeness (QED) is 0.834. The van der Waals surface area contributed by atoms with Crippen molar-refractivity contribution in [1.82, 2.24) is 9.88 Å².